The average molecular weight is 519 g/mol. The van der Waals surface area contributed by atoms with Crippen LogP contribution >= 0.6 is 0 Å². The lowest BCUT2D eigenvalue weighted by Crippen LogP contribution is -2.26. The van der Waals surface area contributed by atoms with Crippen LogP contribution in [0.5, 0.6) is 0 Å². The van der Waals surface area contributed by atoms with Gasteiger partial charge in [0.2, 0.25) is 5.95 Å². The summed E-state index contributed by atoms with van der Waals surface area (Å²) in [5.41, 5.74) is -0.438. The number of pyridine rings is 1. The van der Waals surface area contributed by atoms with Gasteiger partial charge in [0, 0.05) is 31.0 Å². The van der Waals surface area contributed by atoms with Gasteiger partial charge in [-0.2, -0.15) is 17.6 Å². The highest BCUT2D eigenvalue weighted by molar-refractivity contribution is 5.51. The molecule has 0 amide bonds. The molecular formula is C24H32F6N6. The maximum absolute atomic E-state index is 14.1. The zero-order valence-electron chi connectivity index (χ0n) is 20.5. The summed E-state index contributed by atoms with van der Waals surface area (Å²) >= 11 is 0. The number of rotatable bonds is 6. The van der Waals surface area contributed by atoms with Crippen LogP contribution in [0.4, 0.5) is 32.2 Å². The molecule has 3 aromatic rings. The molecule has 0 bridgehead atoms. The minimum Gasteiger partial charge on any atom is -0.394 e. The molecule has 6 nitrogen and oxygen atoms in total. The van der Waals surface area contributed by atoms with Gasteiger partial charge in [0.15, 0.2) is 5.69 Å². The highest BCUT2D eigenvalue weighted by atomic mass is 19.4. The van der Waals surface area contributed by atoms with Crippen molar-refractivity contribution in [3.63, 3.8) is 0 Å². The van der Waals surface area contributed by atoms with Crippen LogP contribution in [0.2, 0.25) is 0 Å². The van der Waals surface area contributed by atoms with Crippen LogP contribution in [0.25, 0.3) is 5.65 Å². The lowest BCUT2D eigenvalue weighted by atomic mass is 9.82. The molecule has 1 saturated carbocycles. The van der Waals surface area contributed by atoms with Crippen LogP contribution < -0.4 is 10.6 Å². The van der Waals surface area contributed by atoms with E-state index in [-0.39, 0.29) is 17.6 Å². The minimum atomic E-state index is -4.53. The van der Waals surface area contributed by atoms with Crippen molar-refractivity contribution in [1.29, 1.82) is 0 Å². The molecule has 0 aromatic carbocycles. The first kappa shape index (κ1) is 29.1. The zero-order chi connectivity index (χ0) is 26.9. The predicted molar refractivity (Wildman–Crippen MR) is 128 cm³/mol. The van der Waals surface area contributed by atoms with Gasteiger partial charge in [-0.3, -0.25) is 9.08 Å². The van der Waals surface area contributed by atoms with Gasteiger partial charge in [0.05, 0.1) is 0 Å². The first-order valence-electron chi connectivity index (χ1n) is 11.7. The molecule has 0 radical (unpaired) electrons. The van der Waals surface area contributed by atoms with Crippen molar-refractivity contribution >= 4 is 11.5 Å². The third-order valence-corrected chi connectivity index (χ3v) is 5.57. The summed E-state index contributed by atoms with van der Waals surface area (Å²) in [5.74, 6) is -0.361. The molecule has 1 aliphatic carbocycles. The van der Waals surface area contributed by atoms with E-state index >= 15 is 0 Å². The molecule has 2 N–H and O–H groups in total. The van der Waals surface area contributed by atoms with E-state index in [9.17, 15) is 26.3 Å². The van der Waals surface area contributed by atoms with Gasteiger partial charge in [-0.15, -0.1) is 5.10 Å². The van der Waals surface area contributed by atoms with Gasteiger partial charge < -0.3 is 10.6 Å². The first-order chi connectivity index (χ1) is 17.1. The van der Waals surface area contributed by atoms with E-state index in [2.05, 4.69) is 27.3 Å². The Morgan fingerprint density at radius 2 is 1.78 bits per heavy atom. The molecule has 1 fully saturated rings. The number of hydrogen-bond acceptors (Lipinski definition) is 4. The quantitative estimate of drug-likeness (QED) is 0.368. The predicted octanol–water partition coefficient (Wildman–Crippen LogP) is 6.47. The summed E-state index contributed by atoms with van der Waals surface area (Å²) < 4.78 is 80.2. The summed E-state index contributed by atoms with van der Waals surface area (Å²) in [6, 6.07) is 4.79. The monoisotopic (exact) mass is 518 g/mol. The number of nitrogens with zero attached hydrogens (tertiary/aromatic N) is 4. The number of imidazole rings is 1. The van der Waals surface area contributed by atoms with Crippen molar-refractivity contribution in [3.8, 4) is 0 Å². The number of hydrogen-bond donors (Lipinski definition) is 2. The Hall–Kier alpha value is -3.18. The van der Waals surface area contributed by atoms with Gasteiger partial charge in [0.25, 0.3) is 6.43 Å². The third kappa shape index (κ3) is 7.66. The van der Waals surface area contributed by atoms with E-state index in [4.69, 9.17) is 0 Å². The molecule has 0 atom stereocenters. The Balaban J connectivity index is 0.000000694. The summed E-state index contributed by atoms with van der Waals surface area (Å²) in [6.07, 6.45) is -0.685. The molecule has 1 aliphatic rings. The molecule has 0 spiro atoms. The van der Waals surface area contributed by atoms with Crippen LogP contribution in [0.15, 0.2) is 43.4 Å². The van der Waals surface area contributed by atoms with Gasteiger partial charge in [-0.25, -0.2) is 13.8 Å². The Bertz CT molecular complexity index is 1080. The highest BCUT2D eigenvalue weighted by Crippen LogP contribution is 2.35. The van der Waals surface area contributed by atoms with Crippen LogP contribution in [0.1, 0.15) is 56.7 Å². The molecule has 0 saturated heterocycles. The SMILES string of the molecule is C=CNC.CC.Fc1nn(CC(F)F)cc1C1CCC(Nc2cccc3nc(C(F)(F)F)cn23)CC1. The summed E-state index contributed by atoms with van der Waals surface area (Å²) in [6.45, 7) is 6.72. The van der Waals surface area contributed by atoms with Crippen LogP contribution in [0.3, 0.4) is 0 Å². The van der Waals surface area contributed by atoms with Crippen LogP contribution in [-0.2, 0) is 12.7 Å². The Morgan fingerprint density at radius 3 is 2.33 bits per heavy atom. The van der Waals surface area contributed by atoms with E-state index in [0.717, 1.165) is 10.9 Å². The van der Waals surface area contributed by atoms with Crippen LogP contribution in [-0.4, -0.2) is 38.7 Å². The first-order valence-corrected chi connectivity index (χ1v) is 11.7. The largest absolute Gasteiger partial charge is 0.434 e. The van der Waals surface area contributed by atoms with Gasteiger partial charge in [0.1, 0.15) is 18.0 Å². The van der Waals surface area contributed by atoms with Crippen molar-refractivity contribution in [2.75, 3.05) is 12.4 Å². The van der Waals surface area contributed by atoms with E-state index in [1.807, 2.05) is 20.9 Å². The molecule has 3 heterocycles. The maximum Gasteiger partial charge on any atom is 0.434 e. The van der Waals surface area contributed by atoms with Crippen molar-refractivity contribution < 1.29 is 26.3 Å². The molecule has 36 heavy (non-hydrogen) atoms. The van der Waals surface area contributed by atoms with Crippen molar-refractivity contribution in [2.24, 2.45) is 0 Å². The second-order valence-electron chi connectivity index (χ2n) is 7.94. The van der Waals surface area contributed by atoms with E-state index in [0.29, 0.717) is 37.1 Å². The second kappa shape index (κ2) is 13.2. The summed E-state index contributed by atoms with van der Waals surface area (Å²) in [7, 11) is 1.81. The number of alkyl halides is 5. The van der Waals surface area contributed by atoms with Gasteiger partial charge in [-0.1, -0.05) is 26.5 Å². The second-order valence-corrected chi connectivity index (χ2v) is 7.94. The fourth-order valence-electron chi connectivity index (χ4n) is 3.94. The molecule has 200 valence electrons. The van der Waals surface area contributed by atoms with Crippen LogP contribution in [0, 0.1) is 5.95 Å². The lowest BCUT2D eigenvalue weighted by molar-refractivity contribution is -0.140. The Labute approximate surface area is 206 Å². The fourth-order valence-corrected chi connectivity index (χ4v) is 3.94. The molecule has 3 aromatic heterocycles. The van der Waals surface area contributed by atoms with Gasteiger partial charge >= 0.3 is 6.18 Å². The highest BCUT2D eigenvalue weighted by Gasteiger charge is 2.34. The van der Waals surface area contributed by atoms with Crippen molar-refractivity contribution in [1.82, 2.24) is 24.5 Å². The van der Waals surface area contributed by atoms with Crippen molar-refractivity contribution in [3.05, 3.63) is 60.6 Å². The average Bonchev–Trinajstić information content (AvgIpc) is 3.45. The fraction of sp³-hybridized carbons (Fsp3) is 0.500. The topological polar surface area (TPSA) is 59.2 Å². The molecular weight excluding hydrogens is 486 g/mol. The number of anilines is 1. The number of halogens is 6. The van der Waals surface area contributed by atoms with E-state index in [1.54, 1.807) is 18.3 Å². The number of aromatic nitrogens is 4. The molecule has 0 aliphatic heterocycles. The minimum absolute atomic E-state index is 0.0113. The summed E-state index contributed by atoms with van der Waals surface area (Å²) in [4.78, 5) is 3.62. The maximum atomic E-state index is 14.1. The zero-order valence-corrected chi connectivity index (χ0v) is 20.5. The Morgan fingerprint density at radius 1 is 1.14 bits per heavy atom. The number of nitrogens with one attached hydrogen (secondary N) is 2. The van der Waals surface area contributed by atoms with E-state index < -0.39 is 30.8 Å². The lowest BCUT2D eigenvalue weighted by Gasteiger charge is -2.29. The molecule has 12 heteroatoms. The Kier molecular flexibility index (Phi) is 10.7. The van der Waals surface area contributed by atoms with Gasteiger partial charge in [-0.05, 0) is 49.9 Å². The number of fused-ring (bicyclic) bond motifs is 1. The smallest absolute Gasteiger partial charge is 0.394 e. The summed E-state index contributed by atoms with van der Waals surface area (Å²) in [5, 5.41) is 9.46. The standard InChI is InChI=1S/C19H19F6N5.C3H7N.C2H6/c20-15(21)10-29-8-13(18(22)28-29)11-4-6-12(7-5-11)26-16-2-1-3-17-27-14(9-30(16)17)19(23,24)25;1-3-4-2;1-2/h1-3,8-9,11-12,15,26H,4-7,10H2;3-4H,1H2,2H3;1-2H3. The van der Waals surface area contributed by atoms with E-state index in [1.165, 1.54) is 16.7 Å². The molecule has 4 rings (SSSR count). The molecule has 0 unspecified atom stereocenters. The third-order valence-electron chi connectivity index (χ3n) is 5.57. The normalized spacial score (nSPS) is 17.6. The van der Waals surface area contributed by atoms with Crippen molar-refractivity contribution in [2.45, 2.75) is 70.6 Å².